The van der Waals surface area contributed by atoms with Crippen molar-refractivity contribution in [1.82, 2.24) is 4.98 Å². The van der Waals surface area contributed by atoms with Crippen LogP contribution in [0.2, 0.25) is 0 Å². The van der Waals surface area contributed by atoms with Crippen molar-refractivity contribution in [3.63, 3.8) is 0 Å². The van der Waals surface area contributed by atoms with Crippen molar-refractivity contribution in [1.29, 1.82) is 0 Å². The van der Waals surface area contributed by atoms with Gasteiger partial charge in [-0.3, -0.25) is 4.79 Å². The number of carbonyl (C=O) groups is 1. The predicted octanol–water partition coefficient (Wildman–Crippen LogP) is 3.18. The summed E-state index contributed by atoms with van der Waals surface area (Å²) in [4.78, 5) is 16.5. The lowest BCUT2D eigenvalue weighted by Crippen LogP contribution is -2.13. The van der Waals surface area contributed by atoms with Crippen LogP contribution in [0.1, 0.15) is 23.7 Å². The van der Waals surface area contributed by atoms with E-state index < -0.39 is 0 Å². The maximum absolute atomic E-state index is 12.2. The first-order valence-electron chi connectivity index (χ1n) is 7.96. The number of aromatic nitrogens is 1. The molecule has 0 aliphatic heterocycles. The van der Waals surface area contributed by atoms with E-state index in [0.29, 0.717) is 24.5 Å². The summed E-state index contributed by atoms with van der Waals surface area (Å²) < 4.78 is 10.4. The van der Waals surface area contributed by atoms with Crippen LogP contribution in [0.3, 0.4) is 0 Å². The Hall–Kier alpha value is -2.60. The van der Waals surface area contributed by atoms with Gasteiger partial charge in [0.15, 0.2) is 0 Å². The molecule has 0 unspecified atom stereocenters. The molecule has 0 radical (unpaired) electrons. The van der Waals surface area contributed by atoms with E-state index in [1.54, 1.807) is 25.4 Å². The van der Waals surface area contributed by atoms with Crippen molar-refractivity contribution in [2.45, 2.75) is 13.3 Å². The molecule has 24 heavy (non-hydrogen) atoms. The number of amides is 1. The molecule has 0 saturated carbocycles. The first-order chi connectivity index (χ1) is 11.7. The molecule has 0 bridgehead atoms. The maximum Gasteiger partial charge on any atom is 0.257 e. The van der Waals surface area contributed by atoms with Crippen LogP contribution in [-0.2, 0) is 4.74 Å². The van der Waals surface area contributed by atoms with Crippen molar-refractivity contribution >= 4 is 17.4 Å². The van der Waals surface area contributed by atoms with E-state index in [0.717, 1.165) is 24.5 Å². The van der Waals surface area contributed by atoms with E-state index >= 15 is 0 Å². The number of pyridine rings is 1. The van der Waals surface area contributed by atoms with Gasteiger partial charge in [0.05, 0.1) is 12.2 Å². The predicted molar refractivity (Wildman–Crippen MR) is 94.8 cm³/mol. The second kappa shape index (κ2) is 9.52. The van der Waals surface area contributed by atoms with Crippen LogP contribution < -0.4 is 15.4 Å². The summed E-state index contributed by atoms with van der Waals surface area (Å²) in [6.45, 7) is 4.02. The Labute approximate surface area is 142 Å². The molecular formula is C18H23N3O3. The molecule has 2 N–H and O–H groups in total. The largest absolute Gasteiger partial charge is 0.494 e. The van der Waals surface area contributed by atoms with Crippen LogP contribution >= 0.6 is 0 Å². The lowest BCUT2D eigenvalue weighted by Gasteiger charge is -2.08. The highest BCUT2D eigenvalue weighted by molar-refractivity contribution is 6.04. The summed E-state index contributed by atoms with van der Waals surface area (Å²) >= 11 is 0. The summed E-state index contributed by atoms with van der Waals surface area (Å²) in [6, 6.07) is 10.8. The fourth-order valence-electron chi connectivity index (χ4n) is 2.07. The van der Waals surface area contributed by atoms with Crippen molar-refractivity contribution in [3.8, 4) is 5.75 Å². The van der Waals surface area contributed by atoms with Gasteiger partial charge in [0.1, 0.15) is 11.6 Å². The molecule has 0 atom stereocenters. The van der Waals surface area contributed by atoms with Crippen molar-refractivity contribution in [3.05, 3.63) is 48.2 Å². The summed E-state index contributed by atoms with van der Waals surface area (Å²) in [7, 11) is 1.68. The molecule has 128 valence electrons. The Morgan fingerprint density at radius 2 is 1.96 bits per heavy atom. The number of nitrogens with zero attached hydrogens (tertiary/aromatic N) is 1. The zero-order valence-electron chi connectivity index (χ0n) is 14.0. The van der Waals surface area contributed by atoms with Gasteiger partial charge in [-0.2, -0.15) is 0 Å². The molecule has 0 fully saturated rings. The summed E-state index contributed by atoms with van der Waals surface area (Å²) in [6.07, 6.45) is 2.46. The van der Waals surface area contributed by atoms with Crippen LogP contribution in [0, 0.1) is 0 Å². The number of anilines is 2. The zero-order chi connectivity index (χ0) is 17.2. The second-order valence-corrected chi connectivity index (χ2v) is 5.12. The molecule has 2 aromatic rings. The zero-order valence-corrected chi connectivity index (χ0v) is 14.0. The van der Waals surface area contributed by atoms with E-state index in [1.807, 2.05) is 31.2 Å². The third kappa shape index (κ3) is 5.55. The molecule has 1 aromatic heterocycles. The van der Waals surface area contributed by atoms with Gasteiger partial charge in [-0.15, -0.1) is 0 Å². The summed E-state index contributed by atoms with van der Waals surface area (Å²) in [5.74, 6) is 1.32. The van der Waals surface area contributed by atoms with Crippen LogP contribution in [0.4, 0.5) is 11.5 Å². The minimum atomic E-state index is -0.197. The van der Waals surface area contributed by atoms with Gasteiger partial charge in [-0.05, 0) is 49.7 Å². The van der Waals surface area contributed by atoms with Crippen molar-refractivity contribution in [2.24, 2.45) is 0 Å². The number of nitrogens with one attached hydrogen (secondary N) is 2. The van der Waals surface area contributed by atoms with Crippen molar-refractivity contribution in [2.75, 3.05) is 37.5 Å². The van der Waals surface area contributed by atoms with E-state index in [4.69, 9.17) is 9.47 Å². The van der Waals surface area contributed by atoms with Crippen LogP contribution in [0.25, 0.3) is 0 Å². The fraction of sp³-hybridized carbons (Fsp3) is 0.333. The average Bonchev–Trinajstić information content (AvgIpc) is 2.61. The first-order valence-corrected chi connectivity index (χ1v) is 7.96. The topological polar surface area (TPSA) is 72.5 Å². The highest BCUT2D eigenvalue weighted by atomic mass is 16.5. The average molecular weight is 329 g/mol. The van der Waals surface area contributed by atoms with Gasteiger partial charge in [-0.25, -0.2) is 4.98 Å². The molecular weight excluding hydrogens is 306 g/mol. The monoisotopic (exact) mass is 329 g/mol. The molecule has 0 saturated heterocycles. The lowest BCUT2D eigenvalue weighted by atomic mass is 10.2. The first kappa shape index (κ1) is 17.7. The third-order valence-corrected chi connectivity index (χ3v) is 3.28. The quantitative estimate of drug-likeness (QED) is 0.691. The Bertz CT molecular complexity index is 627. The van der Waals surface area contributed by atoms with Gasteiger partial charge in [0.2, 0.25) is 0 Å². The molecule has 0 aliphatic rings. The Kier molecular flexibility index (Phi) is 7.04. The lowest BCUT2D eigenvalue weighted by molar-refractivity contribution is 0.102. The van der Waals surface area contributed by atoms with Gasteiger partial charge in [0, 0.05) is 32.1 Å². The molecule has 0 spiro atoms. The third-order valence-electron chi connectivity index (χ3n) is 3.28. The van der Waals surface area contributed by atoms with E-state index in [2.05, 4.69) is 15.6 Å². The molecule has 1 amide bonds. The highest BCUT2D eigenvalue weighted by Gasteiger charge is 2.07. The standard InChI is InChI=1S/C18H23N3O3/c1-3-24-16-8-6-15(7-9-16)21-18(22)14-5-10-17(20-13-14)19-11-4-12-23-2/h5-10,13H,3-4,11-12H2,1-2H3,(H,19,20)(H,21,22). The smallest absolute Gasteiger partial charge is 0.257 e. The minimum absolute atomic E-state index is 0.197. The van der Waals surface area contributed by atoms with Gasteiger partial charge in [0.25, 0.3) is 5.91 Å². The molecule has 6 heteroatoms. The number of ether oxygens (including phenoxy) is 2. The van der Waals surface area contributed by atoms with Gasteiger partial charge >= 0.3 is 0 Å². The number of rotatable bonds is 9. The Morgan fingerprint density at radius 3 is 2.58 bits per heavy atom. The number of carbonyl (C=O) groups excluding carboxylic acids is 1. The number of hydrogen-bond acceptors (Lipinski definition) is 5. The molecule has 1 aromatic carbocycles. The second-order valence-electron chi connectivity index (χ2n) is 5.12. The van der Waals surface area contributed by atoms with Crippen LogP contribution in [-0.4, -0.2) is 37.8 Å². The Balaban J connectivity index is 1.87. The molecule has 6 nitrogen and oxygen atoms in total. The maximum atomic E-state index is 12.2. The van der Waals surface area contributed by atoms with E-state index in [9.17, 15) is 4.79 Å². The Morgan fingerprint density at radius 1 is 1.17 bits per heavy atom. The van der Waals surface area contributed by atoms with E-state index in [-0.39, 0.29) is 5.91 Å². The van der Waals surface area contributed by atoms with Crippen LogP contribution in [0.5, 0.6) is 5.75 Å². The van der Waals surface area contributed by atoms with Crippen LogP contribution in [0.15, 0.2) is 42.6 Å². The fourth-order valence-corrected chi connectivity index (χ4v) is 2.07. The minimum Gasteiger partial charge on any atom is -0.494 e. The molecule has 0 aliphatic carbocycles. The SMILES string of the molecule is CCOc1ccc(NC(=O)c2ccc(NCCCOC)nc2)cc1. The van der Waals surface area contributed by atoms with Gasteiger partial charge in [-0.1, -0.05) is 0 Å². The molecule has 2 rings (SSSR count). The normalized spacial score (nSPS) is 10.2. The van der Waals surface area contributed by atoms with Gasteiger partial charge < -0.3 is 20.1 Å². The summed E-state index contributed by atoms with van der Waals surface area (Å²) in [5.41, 5.74) is 1.22. The highest BCUT2D eigenvalue weighted by Crippen LogP contribution is 2.16. The van der Waals surface area contributed by atoms with E-state index in [1.165, 1.54) is 0 Å². The van der Waals surface area contributed by atoms with Crippen molar-refractivity contribution < 1.29 is 14.3 Å². The summed E-state index contributed by atoms with van der Waals surface area (Å²) in [5, 5.41) is 6.01. The number of benzene rings is 1. The number of methoxy groups -OCH3 is 1. The number of hydrogen-bond donors (Lipinski definition) is 2. The molecule has 1 heterocycles.